The van der Waals surface area contributed by atoms with Gasteiger partial charge in [-0.2, -0.15) is 0 Å². The molecule has 0 radical (unpaired) electrons. The predicted molar refractivity (Wildman–Crippen MR) is 50.8 cm³/mol. The lowest BCUT2D eigenvalue weighted by Gasteiger charge is -1.93. The average molecular weight is 223 g/mol. The molecule has 0 aliphatic carbocycles. The Labute approximate surface area is 83.0 Å². The summed E-state index contributed by atoms with van der Waals surface area (Å²) in [6.07, 6.45) is 0. The molecule has 2 nitrogen and oxygen atoms in total. The maximum absolute atomic E-state index is 10.6. The SMILES string of the molecule is O=C(O)/C(=C/Cl)c1ccc(Cl)s1. The van der Waals surface area contributed by atoms with E-state index in [9.17, 15) is 4.79 Å². The number of hydrogen-bond donors (Lipinski definition) is 1. The van der Waals surface area contributed by atoms with E-state index in [0.29, 0.717) is 9.21 Å². The molecule has 0 amide bonds. The predicted octanol–water partition coefficient (Wildman–Crippen LogP) is 3.07. The Morgan fingerprint density at radius 1 is 1.58 bits per heavy atom. The Morgan fingerprint density at radius 3 is 2.58 bits per heavy atom. The zero-order valence-electron chi connectivity index (χ0n) is 5.75. The number of rotatable bonds is 2. The lowest BCUT2D eigenvalue weighted by atomic mass is 10.2. The van der Waals surface area contributed by atoms with Crippen molar-refractivity contribution in [3.05, 3.63) is 26.9 Å². The fourth-order valence-electron chi connectivity index (χ4n) is 0.665. The lowest BCUT2D eigenvalue weighted by molar-refractivity contribution is -0.130. The van der Waals surface area contributed by atoms with Crippen molar-refractivity contribution in [3.8, 4) is 0 Å². The van der Waals surface area contributed by atoms with Gasteiger partial charge in [-0.05, 0) is 12.1 Å². The van der Waals surface area contributed by atoms with Gasteiger partial charge in [0.1, 0.15) is 0 Å². The molecular weight excluding hydrogens is 219 g/mol. The Balaban J connectivity index is 3.04. The summed E-state index contributed by atoms with van der Waals surface area (Å²) in [5, 5.41) is 8.65. The molecule has 1 N–H and O–H groups in total. The molecule has 1 heterocycles. The first-order valence-electron chi connectivity index (χ1n) is 2.94. The van der Waals surface area contributed by atoms with E-state index in [1.165, 1.54) is 11.3 Å². The third kappa shape index (κ3) is 2.00. The molecule has 0 spiro atoms. The molecule has 0 unspecified atom stereocenters. The van der Waals surface area contributed by atoms with Crippen LogP contribution in [0.15, 0.2) is 17.7 Å². The minimum Gasteiger partial charge on any atom is -0.478 e. The van der Waals surface area contributed by atoms with Crippen LogP contribution in [0.1, 0.15) is 4.88 Å². The normalized spacial score (nSPS) is 11.7. The smallest absolute Gasteiger partial charge is 0.338 e. The van der Waals surface area contributed by atoms with Crippen LogP contribution >= 0.6 is 34.5 Å². The summed E-state index contributed by atoms with van der Waals surface area (Å²) in [4.78, 5) is 11.1. The average Bonchev–Trinajstić information content (AvgIpc) is 2.37. The van der Waals surface area contributed by atoms with Gasteiger partial charge in [-0.15, -0.1) is 11.3 Å². The first kappa shape index (κ1) is 9.58. The van der Waals surface area contributed by atoms with Gasteiger partial charge in [0.05, 0.1) is 9.91 Å². The fraction of sp³-hybridized carbons (Fsp3) is 0. The van der Waals surface area contributed by atoms with Crippen LogP contribution in [0.2, 0.25) is 4.34 Å². The first-order valence-corrected chi connectivity index (χ1v) is 4.57. The van der Waals surface area contributed by atoms with Crippen molar-refractivity contribution in [1.29, 1.82) is 0 Å². The van der Waals surface area contributed by atoms with Crippen LogP contribution in [0.5, 0.6) is 0 Å². The topological polar surface area (TPSA) is 37.3 Å². The van der Waals surface area contributed by atoms with Crippen LogP contribution < -0.4 is 0 Å². The third-order valence-corrected chi connectivity index (χ3v) is 2.66. The van der Waals surface area contributed by atoms with Crippen LogP contribution in [0.25, 0.3) is 5.57 Å². The number of thiophene rings is 1. The van der Waals surface area contributed by atoms with Crippen molar-refractivity contribution in [2.24, 2.45) is 0 Å². The van der Waals surface area contributed by atoms with E-state index in [-0.39, 0.29) is 5.57 Å². The molecule has 1 rings (SSSR count). The third-order valence-electron chi connectivity index (χ3n) is 1.18. The summed E-state index contributed by atoms with van der Waals surface area (Å²) in [6.45, 7) is 0. The molecule has 0 fully saturated rings. The van der Waals surface area contributed by atoms with Crippen LogP contribution in [0.4, 0.5) is 0 Å². The van der Waals surface area contributed by atoms with Gasteiger partial charge in [0, 0.05) is 10.4 Å². The van der Waals surface area contributed by atoms with Crippen LogP contribution in [0.3, 0.4) is 0 Å². The van der Waals surface area contributed by atoms with Gasteiger partial charge in [-0.3, -0.25) is 0 Å². The van der Waals surface area contributed by atoms with Gasteiger partial charge in [0.2, 0.25) is 0 Å². The van der Waals surface area contributed by atoms with Crippen molar-refractivity contribution in [2.75, 3.05) is 0 Å². The monoisotopic (exact) mass is 222 g/mol. The first-order chi connectivity index (χ1) is 5.65. The van der Waals surface area contributed by atoms with E-state index in [1.54, 1.807) is 12.1 Å². The van der Waals surface area contributed by atoms with E-state index in [4.69, 9.17) is 28.3 Å². The summed E-state index contributed by atoms with van der Waals surface area (Å²) in [6, 6.07) is 3.25. The molecule has 12 heavy (non-hydrogen) atoms. The highest BCUT2D eigenvalue weighted by Gasteiger charge is 2.11. The Bertz CT molecular complexity index is 330. The molecule has 0 atom stereocenters. The molecule has 1 aromatic heterocycles. The Hall–Kier alpha value is -0.510. The largest absolute Gasteiger partial charge is 0.478 e. The molecule has 0 bridgehead atoms. The Morgan fingerprint density at radius 2 is 2.25 bits per heavy atom. The van der Waals surface area contributed by atoms with Gasteiger partial charge in [0.15, 0.2) is 0 Å². The highest BCUT2D eigenvalue weighted by atomic mass is 35.5. The summed E-state index contributed by atoms with van der Waals surface area (Å²) < 4.78 is 0.544. The zero-order chi connectivity index (χ0) is 9.14. The Kier molecular flexibility index (Phi) is 3.14. The molecule has 5 heteroatoms. The number of carboxylic acids is 1. The van der Waals surface area contributed by atoms with E-state index in [0.717, 1.165) is 5.54 Å². The summed E-state index contributed by atoms with van der Waals surface area (Å²) in [5.74, 6) is -1.05. The van der Waals surface area contributed by atoms with E-state index < -0.39 is 5.97 Å². The molecule has 0 aliphatic rings. The maximum Gasteiger partial charge on any atom is 0.338 e. The van der Waals surface area contributed by atoms with Crippen molar-refractivity contribution < 1.29 is 9.90 Å². The van der Waals surface area contributed by atoms with Crippen LogP contribution in [-0.4, -0.2) is 11.1 Å². The molecule has 0 aliphatic heterocycles. The van der Waals surface area contributed by atoms with Crippen molar-refractivity contribution >= 4 is 46.1 Å². The second kappa shape index (κ2) is 3.94. The standard InChI is InChI=1S/C7H4Cl2O2S/c8-3-4(7(10)11)5-1-2-6(9)12-5/h1-3H,(H,10,11)/b4-3+. The van der Waals surface area contributed by atoms with Gasteiger partial charge in [0.25, 0.3) is 0 Å². The summed E-state index contributed by atoms with van der Waals surface area (Å²) in [5.41, 5.74) is 1.10. The fourth-order valence-corrected chi connectivity index (χ4v) is 1.99. The summed E-state index contributed by atoms with van der Waals surface area (Å²) in [7, 11) is 0. The molecular formula is C7H4Cl2O2S. The maximum atomic E-state index is 10.6. The molecule has 0 saturated heterocycles. The quantitative estimate of drug-likeness (QED) is 0.782. The number of carboxylic acid groups (broad SMARTS) is 1. The summed E-state index contributed by atoms with van der Waals surface area (Å²) >= 11 is 12.1. The van der Waals surface area contributed by atoms with Crippen LogP contribution in [-0.2, 0) is 4.79 Å². The minimum absolute atomic E-state index is 0.0635. The minimum atomic E-state index is -1.05. The number of aliphatic carboxylic acids is 1. The van der Waals surface area contributed by atoms with Crippen molar-refractivity contribution in [1.82, 2.24) is 0 Å². The number of halogens is 2. The van der Waals surface area contributed by atoms with Gasteiger partial charge in [-0.25, -0.2) is 4.79 Å². The molecule has 64 valence electrons. The van der Waals surface area contributed by atoms with E-state index >= 15 is 0 Å². The molecule has 0 saturated carbocycles. The number of carbonyl (C=O) groups is 1. The number of hydrogen-bond acceptors (Lipinski definition) is 2. The van der Waals surface area contributed by atoms with Crippen LogP contribution in [0, 0.1) is 0 Å². The highest BCUT2D eigenvalue weighted by molar-refractivity contribution is 7.17. The van der Waals surface area contributed by atoms with E-state index in [1.807, 2.05) is 0 Å². The van der Waals surface area contributed by atoms with Gasteiger partial charge < -0.3 is 5.11 Å². The second-order valence-electron chi connectivity index (χ2n) is 1.93. The lowest BCUT2D eigenvalue weighted by Crippen LogP contribution is -1.96. The molecule has 1 aromatic rings. The second-order valence-corrected chi connectivity index (χ2v) is 3.86. The van der Waals surface area contributed by atoms with Crippen molar-refractivity contribution in [2.45, 2.75) is 0 Å². The van der Waals surface area contributed by atoms with Crippen molar-refractivity contribution in [3.63, 3.8) is 0 Å². The highest BCUT2D eigenvalue weighted by Crippen LogP contribution is 2.28. The van der Waals surface area contributed by atoms with Gasteiger partial charge >= 0.3 is 5.97 Å². The molecule has 0 aromatic carbocycles. The van der Waals surface area contributed by atoms with E-state index in [2.05, 4.69) is 0 Å². The zero-order valence-corrected chi connectivity index (χ0v) is 8.08. The van der Waals surface area contributed by atoms with Gasteiger partial charge in [-0.1, -0.05) is 23.2 Å².